The molecule has 1 aromatic carbocycles. The van der Waals surface area contributed by atoms with Gasteiger partial charge in [0.15, 0.2) is 0 Å². The SMILES string of the molecule is Cc1cc(Cl)cc(SCC(=O)O)c1Cl. The molecule has 0 radical (unpaired) electrons. The predicted molar refractivity (Wildman–Crippen MR) is 59.6 cm³/mol. The third-order valence-corrected chi connectivity index (χ3v) is 3.39. The number of carboxylic acid groups (broad SMARTS) is 1. The Hall–Kier alpha value is -0.380. The Morgan fingerprint density at radius 2 is 2.14 bits per heavy atom. The van der Waals surface area contributed by atoms with E-state index < -0.39 is 5.97 Å². The van der Waals surface area contributed by atoms with Gasteiger partial charge < -0.3 is 5.11 Å². The lowest BCUT2D eigenvalue weighted by atomic mass is 10.2. The maximum absolute atomic E-state index is 10.4. The van der Waals surface area contributed by atoms with Gasteiger partial charge in [-0.25, -0.2) is 0 Å². The number of halogens is 2. The van der Waals surface area contributed by atoms with E-state index in [4.69, 9.17) is 28.3 Å². The summed E-state index contributed by atoms with van der Waals surface area (Å²) in [5.41, 5.74) is 0.854. The fourth-order valence-electron chi connectivity index (χ4n) is 0.939. The quantitative estimate of drug-likeness (QED) is 0.835. The maximum atomic E-state index is 10.4. The van der Waals surface area contributed by atoms with E-state index in [2.05, 4.69) is 0 Å². The van der Waals surface area contributed by atoms with Crippen LogP contribution < -0.4 is 0 Å². The number of hydrogen-bond donors (Lipinski definition) is 1. The van der Waals surface area contributed by atoms with Gasteiger partial charge in [-0.05, 0) is 24.6 Å². The van der Waals surface area contributed by atoms with Crippen LogP contribution in [0.4, 0.5) is 0 Å². The third-order valence-electron chi connectivity index (χ3n) is 1.54. The van der Waals surface area contributed by atoms with Crippen molar-refractivity contribution in [3.05, 3.63) is 27.7 Å². The molecule has 0 unspecified atom stereocenters. The topological polar surface area (TPSA) is 37.3 Å². The molecule has 0 fully saturated rings. The van der Waals surface area contributed by atoms with Crippen LogP contribution in [0.15, 0.2) is 17.0 Å². The average molecular weight is 251 g/mol. The van der Waals surface area contributed by atoms with Crippen LogP contribution in [0.25, 0.3) is 0 Å². The van der Waals surface area contributed by atoms with Crippen molar-refractivity contribution in [3.8, 4) is 0 Å². The Balaban J connectivity index is 2.90. The number of benzene rings is 1. The van der Waals surface area contributed by atoms with Gasteiger partial charge in [0.25, 0.3) is 0 Å². The van der Waals surface area contributed by atoms with Crippen molar-refractivity contribution < 1.29 is 9.90 Å². The number of aryl methyl sites for hydroxylation is 1. The molecule has 2 nitrogen and oxygen atoms in total. The summed E-state index contributed by atoms with van der Waals surface area (Å²) in [6.07, 6.45) is 0. The molecule has 0 aliphatic heterocycles. The number of carbonyl (C=O) groups is 1. The highest BCUT2D eigenvalue weighted by molar-refractivity contribution is 8.00. The molecule has 0 spiro atoms. The highest BCUT2D eigenvalue weighted by Crippen LogP contribution is 2.32. The molecule has 76 valence electrons. The van der Waals surface area contributed by atoms with Crippen LogP contribution in [0.5, 0.6) is 0 Å². The standard InChI is InChI=1S/C9H8Cl2O2S/c1-5-2-6(10)3-7(9(5)11)14-4-8(12)13/h2-3H,4H2,1H3,(H,12,13). The van der Waals surface area contributed by atoms with Crippen LogP contribution >= 0.6 is 35.0 Å². The van der Waals surface area contributed by atoms with Crippen molar-refractivity contribution in [2.75, 3.05) is 5.75 Å². The third kappa shape index (κ3) is 3.08. The Kier molecular flexibility index (Phi) is 4.11. The van der Waals surface area contributed by atoms with Crippen LogP contribution in [0, 0.1) is 6.92 Å². The van der Waals surface area contributed by atoms with Crippen molar-refractivity contribution in [1.82, 2.24) is 0 Å². The summed E-state index contributed by atoms with van der Waals surface area (Å²) in [5, 5.41) is 9.65. The summed E-state index contributed by atoms with van der Waals surface area (Å²) in [5.74, 6) is -0.886. The summed E-state index contributed by atoms with van der Waals surface area (Å²) in [4.78, 5) is 11.1. The number of rotatable bonds is 3. The lowest BCUT2D eigenvalue weighted by Crippen LogP contribution is -1.97. The molecular formula is C9H8Cl2O2S. The van der Waals surface area contributed by atoms with E-state index in [0.717, 1.165) is 5.56 Å². The largest absolute Gasteiger partial charge is 0.481 e. The smallest absolute Gasteiger partial charge is 0.313 e. The van der Waals surface area contributed by atoms with Crippen molar-refractivity contribution in [2.45, 2.75) is 11.8 Å². The average Bonchev–Trinajstić information content (AvgIpc) is 2.08. The van der Waals surface area contributed by atoms with E-state index in [1.54, 1.807) is 12.1 Å². The van der Waals surface area contributed by atoms with Gasteiger partial charge in [-0.2, -0.15) is 0 Å². The van der Waals surface area contributed by atoms with Gasteiger partial charge in [-0.15, -0.1) is 11.8 Å². The molecule has 5 heteroatoms. The lowest BCUT2D eigenvalue weighted by Gasteiger charge is -2.05. The molecule has 0 saturated carbocycles. The number of carboxylic acids is 1. The summed E-state index contributed by atoms with van der Waals surface area (Å²) in [7, 11) is 0. The van der Waals surface area contributed by atoms with Gasteiger partial charge in [-0.1, -0.05) is 23.2 Å². The highest BCUT2D eigenvalue weighted by Gasteiger charge is 2.07. The minimum absolute atomic E-state index is 0.0144. The van der Waals surface area contributed by atoms with Crippen LogP contribution in [0.1, 0.15) is 5.56 Å². The Labute approximate surface area is 96.2 Å². The Bertz CT molecular complexity index is 366. The zero-order chi connectivity index (χ0) is 10.7. The minimum atomic E-state index is -0.872. The molecule has 0 atom stereocenters. The van der Waals surface area contributed by atoms with Crippen LogP contribution in [-0.2, 0) is 4.79 Å². The van der Waals surface area contributed by atoms with E-state index in [0.29, 0.717) is 14.9 Å². The molecule has 0 aromatic heterocycles. The van der Waals surface area contributed by atoms with Crippen LogP contribution in [-0.4, -0.2) is 16.8 Å². The molecule has 1 rings (SSSR count). The van der Waals surface area contributed by atoms with Crippen LogP contribution in [0.2, 0.25) is 10.0 Å². The Morgan fingerprint density at radius 1 is 1.50 bits per heavy atom. The minimum Gasteiger partial charge on any atom is -0.481 e. The van der Waals surface area contributed by atoms with Crippen molar-refractivity contribution in [2.24, 2.45) is 0 Å². The first kappa shape index (κ1) is 11.7. The first-order chi connectivity index (χ1) is 6.50. The molecule has 1 N–H and O–H groups in total. The number of aliphatic carboxylic acids is 1. The monoisotopic (exact) mass is 250 g/mol. The number of hydrogen-bond acceptors (Lipinski definition) is 2. The Morgan fingerprint density at radius 3 is 2.71 bits per heavy atom. The van der Waals surface area contributed by atoms with Gasteiger partial charge >= 0.3 is 5.97 Å². The van der Waals surface area contributed by atoms with E-state index in [-0.39, 0.29) is 5.75 Å². The molecule has 0 aliphatic carbocycles. The van der Waals surface area contributed by atoms with Gasteiger partial charge in [0.1, 0.15) is 0 Å². The molecule has 1 aromatic rings. The lowest BCUT2D eigenvalue weighted by molar-refractivity contribution is -0.133. The molecule has 0 amide bonds. The molecular weight excluding hydrogens is 243 g/mol. The first-order valence-electron chi connectivity index (χ1n) is 3.81. The fourth-order valence-corrected chi connectivity index (χ4v) is 2.33. The van der Waals surface area contributed by atoms with E-state index in [9.17, 15) is 4.79 Å². The zero-order valence-corrected chi connectivity index (χ0v) is 9.71. The molecule has 0 bridgehead atoms. The summed E-state index contributed by atoms with van der Waals surface area (Å²) in [6, 6.07) is 3.42. The normalized spacial score (nSPS) is 10.2. The zero-order valence-electron chi connectivity index (χ0n) is 7.38. The predicted octanol–water partition coefficient (Wildman–Crippen LogP) is 3.48. The van der Waals surface area contributed by atoms with Crippen LogP contribution in [0.3, 0.4) is 0 Å². The van der Waals surface area contributed by atoms with Crippen molar-refractivity contribution >= 4 is 40.9 Å². The van der Waals surface area contributed by atoms with Gasteiger partial charge in [-0.3, -0.25) is 4.79 Å². The van der Waals surface area contributed by atoms with E-state index in [1.807, 2.05) is 6.92 Å². The molecule has 14 heavy (non-hydrogen) atoms. The van der Waals surface area contributed by atoms with E-state index >= 15 is 0 Å². The van der Waals surface area contributed by atoms with Gasteiger partial charge in [0.05, 0.1) is 10.8 Å². The highest BCUT2D eigenvalue weighted by atomic mass is 35.5. The maximum Gasteiger partial charge on any atom is 0.313 e. The number of thioether (sulfide) groups is 1. The summed E-state index contributed by atoms with van der Waals surface area (Å²) in [6.45, 7) is 1.83. The second-order valence-electron chi connectivity index (χ2n) is 2.72. The fraction of sp³-hybridized carbons (Fsp3) is 0.222. The second kappa shape index (κ2) is 4.91. The second-order valence-corrected chi connectivity index (χ2v) is 4.55. The molecule has 0 heterocycles. The summed E-state index contributed by atoms with van der Waals surface area (Å²) >= 11 is 13.0. The summed E-state index contributed by atoms with van der Waals surface area (Å²) < 4.78 is 0. The van der Waals surface area contributed by atoms with E-state index in [1.165, 1.54) is 11.8 Å². The van der Waals surface area contributed by atoms with Gasteiger partial charge in [0, 0.05) is 9.92 Å². The first-order valence-corrected chi connectivity index (χ1v) is 5.55. The van der Waals surface area contributed by atoms with Gasteiger partial charge in [0.2, 0.25) is 0 Å². The molecule has 0 saturated heterocycles. The van der Waals surface area contributed by atoms with Crippen molar-refractivity contribution in [3.63, 3.8) is 0 Å². The molecule has 0 aliphatic rings. The van der Waals surface area contributed by atoms with Crippen molar-refractivity contribution in [1.29, 1.82) is 0 Å².